The molecule has 0 aromatic rings. The molecule has 48 heavy (non-hydrogen) atoms. The van der Waals surface area contributed by atoms with Crippen molar-refractivity contribution in [2.24, 2.45) is 39.6 Å². The molecule has 16 N–H and O–H groups in total. The van der Waals surface area contributed by atoms with Gasteiger partial charge in [-0.25, -0.2) is 4.79 Å². The molecule has 0 saturated heterocycles. The molecule has 6 amide bonds. The van der Waals surface area contributed by atoms with Crippen LogP contribution >= 0.6 is 0 Å². The van der Waals surface area contributed by atoms with E-state index in [-0.39, 0.29) is 56.9 Å². The van der Waals surface area contributed by atoms with E-state index in [1.807, 2.05) is 0 Å². The predicted molar refractivity (Wildman–Crippen MR) is 177 cm³/mol. The van der Waals surface area contributed by atoms with Crippen molar-refractivity contribution in [1.82, 2.24) is 26.6 Å². The van der Waals surface area contributed by atoms with Crippen LogP contribution in [0.1, 0.15) is 79.1 Å². The van der Waals surface area contributed by atoms with Crippen molar-refractivity contribution in [3.05, 3.63) is 0 Å². The minimum absolute atomic E-state index is 0.0372. The lowest BCUT2D eigenvalue weighted by molar-refractivity contribution is -0.143. The number of carbonyl (C=O) groups is 7. The Bertz CT molecular complexity index is 1130. The Morgan fingerprint density at radius 1 is 0.646 bits per heavy atom. The van der Waals surface area contributed by atoms with E-state index in [2.05, 4.69) is 31.6 Å². The second kappa shape index (κ2) is 22.9. The second-order valence-corrected chi connectivity index (χ2v) is 12.0. The minimum atomic E-state index is -1.36. The molecule has 0 radical (unpaired) electrons. The van der Waals surface area contributed by atoms with Crippen molar-refractivity contribution in [1.29, 1.82) is 0 Å². The highest BCUT2D eigenvalue weighted by Crippen LogP contribution is 2.09. The number of carboxylic acid groups (broad SMARTS) is 1. The maximum absolute atomic E-state index is 13.5. The Morgan fingerprint density at radius 2 is 1.12 bits per heavy atom. The van der Waals surface area contributed by atoms with Crippen LogP contribution in [0.15, 0.2) is 4.99 Å². The Balaban J connectivity index is 6.14. The summed E-state index contributed by atoms with van der Waals surface area (Å²) in [6.07, 6.45) is 0.830. The lowest BCUT2D eigenvalue weighted by Gasteiger charge is -2.27. The maximum atomic E-state index is 13.5. The van der Waals surface area contributed by atoms with Gasteiger partial charge in [-0.05, 0) is 71.3 Å². The number of primary amides is 1. The van der Waals surface area contributed by atoms with Gasteiger partial charge in [-0.1, -0.05) is 13.8 Å². The molecule has 0 aliphatic carbocycles. The number of carbonyl (C=O) groups excluding carboxylic acids is 6. The van der Waals surface area contributed by atoms with Gasteiger partial charge >= 0.3 is 5.97 Å². The Kier molecular flexibility index (Phi) is 20.8. The van der Waals surface area contributed by atoms with Crippen LogP contribution in [0.5, 0.6) is 0 Å². The van der Waals surface area contributed by atoms with Crippen molar-refractivity contribution < 1.29 is 38.7 Å². The normalized spacial score (nSPS) is 14.6. The SMILES string of the molecule is CC(C)C[C@H](NC(=O)[C@H](CCC(N)=O)NC(=O)[C@H](CCCCN)NC(=O)[C@H](CCCN=C(N)N)NC(=O)[C@H](C)NC(=O)[C@H](C)N)C(=O)O. The van der Waals surface area contributed by atoms with Crippen LogP contribution in [0.2, 0.25) is 0 Å². The highest BCUT2D eigenvalue weighted by atomic mass is 16.4. The molecule has 0 rings (SSSR count). The first-order chi connectivity index (χ1) is 22.4. The molecule has 0 spiro atoms. The molecule has 0 unspecified atom stereocenters. The zero-order valence-electron chi connectivity index (χ0n) is 28.3. The topological polar surface area (TPSA) is 342 Å². The number of rotatable bonds is 24. The summed E-state index contributed by atoms with van der Waals surface area (Å²) >= 11 is 0. The van der Waals surface area contributed by atoms with E-state index >= 15 is 0 Å². The summed E-state index contributed by atoms with van der Waals surface area (Å²) < 4.78 is 0. The summed E-state index contributed by atoms with van der Waals surface area (Å²) in [5.74, 6) is -5.97. The van der Waals surface area contributed by atoms with E-state index < -0.39 is 77.7 Å². The monoisotopic (exact) mass is 685 g/mol. The summed E-state index contributed by atoms with van der Waals surface area (Å²) in [6, 6.07) is -6.99. The van der Waals surface area contributed by atoms with Crippen LogP contribution in [0.25, 0.3) is 0 Å². The van der Waals surface area contributed by atoms with E-state index in [1.54, 1.807) is 13.8 Å². The number of aliphatic imine (C=N–C) groups is 1. The lowest BCUT2D eigenvalue weighted by atomic mass is 10.0. The first-order valence-electron chi connectivity index (χ1n) is 15.9. The molecule has 0 fully saturated rings. The zero-order chi connectivity index (χ0) is 37.0. The number of hydrogen-bond acceptors (Lipinski definition) is 10. The Hall–Kier alpha value is -4.52. The number of amides is 6. The van der Waals surface area contributed by atoms with Gasteiger partial charge in [0.05, 0.1) is 6.04 Å². The third-order valence-electron chi connectivity index (χ3n) is 6.96. The van der Waals surface area contributed by atoms with E-state index in [0.29, 0.717) is 19.4 Å². The number of guanidine groups is 1. The van der Waals surface area contributed by atoms with E-state index in [4.69, 9.17) is 28.7 Å². The van der Waals surface area contributed by atoms with Gasteiger partial charge in [-0.3, -0.25) is 33.8 Å². The molecule has 19 nitrogen and oxygen atoms in total. The average Bonchev–Trinajstić information content (AvgIpc) is 2.98. The summed E-state index contributed by atoms with van der Waals surface area (Å²) in [7, 11) is 0. The first-order valence-corrected chi connectivity index (χ1v) is 15.9. The molecule has 6 atom stereocenters. The van der Waals surface area contributed by atoms with Gasteiger partial charge in [0.1, 0.15) is 30.2 Å². The fourth-order valence-electron chi connectivity index (χ4n) is 4.31. The van der Waals surface area contributed by atoms with Crippen LogP contribution in [0.4, 0.5) is 0 Å². The van der Waals surface area contributed by atoms with E-state index in [1.165, 1.54) is 13.8 Å². The van der Waals surface area contributed by atoms with Gasteiger partial charge < -0.3 is 60.4 Å². The van der Waals surface area contributed by atoms with E-state index in [9.17, 15) is 38.7 Å². The number of aliphatic carboxylic acids is 1. The van der Waals surface area contributed by atoms with Crippen LogP contribution in [-0.2, 0) is 33.6 Å². The Labute approximate surface area is 280 Å². The Morgan fingerprint density at radius 3 is 1.56 bits per heavy atom. The van der Waals surface area contributed by atoms with Crippen LogP contribution in [-0.4, -0.2) is 102 Å². The van der Waals surface area contributed by atoms with Crippen molar-refractivity contribution >= 4 is 47.4 Å². The highest BCUT2D eigenvalue weighted by molar-refractivity contribution is 5.96. The lowest BCUT2D eigenvalue weighted by Crippen LogP contribution is -2.59. The summed E-state index contributed by atoms with van der Waals surface area (Å²) in [6.45, 7) is 6.82. The molecule has 0 aromatic heterocycles. The molecular formula is C29H55N11O8. The number of carboxylic acids is 1. The molecular weight excluding hydrogens is 630 g/mol. The molecule has 0 aliphatic rings. The molecule has 0 aromatic carbocycles. The third-order valence-corrected chi connectivity index (χ3v) is 6.96. The summed E-state index contributed by atoms with van der Waals surface area (Å²) in [5, 5.41) is 22.1. The van der Waals surface area contributed by atoms with E-state index in [0.717, 1.165) is 0 Å². The van der Waals surface area contributed by atoms with Crippen LogP contribution in [0, 0.1) is 5.92 Å². The number of nitrogens with one attached hydrogen (secondary N) is 5. The van der Waals surface area contributed by atoms with Crippen molar-refractivity contribution in [3.63, 3.8) is 0 Å². The number of unbranched alkanes of at least 4 members (excludes halogenated alkanes) is 1. The third kappa shape index (κ3) is 18.6. The van der Waals surface area contributed by atoms with Gasteiger partial charge in [0, 0.05) is 13.0 Å². The molecule has 19 heteroatoms. The fourth-order valence-corrected chi connectivity index (χ4v) is 4.31. The molecule has 0 bridgehead atoms. The first kappa shape index (κ1) is 43.5. The summed E-state index contributed by atoms with van der Waals surface area (Å²) in [5.41, 5.74) is 27.2. The quantitative estimate of drug-likeness (QED) is 0.0266. The van der Waals surface area contributed by atoms with Crippen LogP contribution in [0.3, 0.4) is 0 Å². The minimum Gasteiger partial charge on any atom is -0.480 e. The molecule has 274 valence electrons. The van der Waals surface area contributed by atoms with Crippen molar-refractivity contribution in [2.45, 2.75) is 115 Å². The fraction of sp³-hybridized carbons (Fsp3) is 0.724. The number of nitrogens with two attached hydrogens (primary N) is 5. The molecule has 0 heterocycles. The summed E-state index contributed by atoms with van der Waals surface area (Å²) in [4.78, 5) is 92.2. The highest BCUT2D eigenvalue weighted by Gasteiger charge is 2.32. The van der Waals surface area contributed by atoms with Gasteiger partial charge in [0.2, 0.25) is 35.4 Å². The standard InChI is InChI=1S/C29H55N11O8/c1-15(2)14-21(28(47)48)40-27(46)20(10-11-22(32)41)39-25(44)18(8-5-6-12-30)38-26(45)19(9-7-13-35-29(33)34)37-24(43)17(4)36-23(42)16(3)31/h15-21H,5-14,30-31H2,1-4H3,(H2,32,41)(H,36,42)(H,37,43)(H,38,45)(H,39,44)(H,40,46)(H,47,48)(H4,33,34,35)/t16-,17-,18-,19-,20-,21-/m0/s1. The van der Waals surface area contributed by atoms with Gasteiger partial charge in [0.15, 0.2) is 5.96 Å². The van der Waals surface area contributed by atoms with Gasteiger partial charge in [-0.15, -0.1) is 0 Å². The van der Waals surface area contributed by atoms with Crippen LogP contribution < -0.4 is 55.3 Å². The average molecular weight is 686 g/mol. The van der Waals surface area contributed by atoms with Gasteiger partial charge in [0.25, 0.3) is 0 Å². The van der Waals surface area contributed by atoms with Crippen molar-refractivity contribution in [3.8, 4) is 0 Å². The van der Waals surface area contributed by atoms with Crippen molar-refractivity contribution in [2.75, 3.05) is 13.1 Å². The zero-order valence-corrected chi connectivity index (χ0v) is 28.3. The molecule has 0 saturated carbocycles. The maximum Gasteiger partial charge on any atom is 0.326 e. The van der Waals surface area contributed by atoms with Gasteiger partial charge in [-0.2, -0.15) is 0 Å². The number of nitrogens with zero attached hydrogens (tertiary/aromatic N) is 1. The predicted octanol–water partition coefficient (Wildman–Crippen LogP) is -3.64. The second-order valence-electron chi connectivity index (χ2n) is 12.0. The molecule has 0 aliphatic heterocycles. The largest absolute Gasteiger partial charge is 0.480 e. The smallest absolute Gasteiger partial charge is 0.326 e. The number of hydrogen-bond donors (Lipinski definition) is 11.